The van der Waals surface area contributed by atoms with E-state index in [0.29, 0.717) is 16.2 Å². The summed E-state index contributed by atoms with van der Waals surface area (Å²) >= 11 is 7.69. The first-order valence-electron chi connectivity index (χ1n) is 7.44. The van der Waals surface area contributed by atoms with Crippen molar-refractivity contribution >= 4 is 44.7 Å². The number of benzene rings is 2. The first kappa shape index (κ1) is 15.0. The van der Waals surface area contributed by atoms with Crippen LogP contribution in [0.1, 0.15) is 0 Å². The van der Waals surface area contributed by atoms with Gasteiger partial charge < -0.3 is 5.32 Å². The van der Waals surface area contributed by atoms with E-state index >= 15 is 0 Å². The van der Waals surface area contributed by atoms with E-state index in [9.17, 15) is 4.79 Å². The molecule has 0 bridgehead atoms. The molecular formula is C19H13ClN2OS. The van der Waals surface area contributed by atoms with Crippen LogP contribution in [0.2, 0.25) is 5.02 Å². The third-order valence-corrected chi connectivity index (χ3v) is 5.14. The summed E-state index contributed by atoms with van der Waals surface area (Å²) in [4.78, 5) is 13.4. The van der Waals surface area contributed by atoms with E-state index in [-0.39, 0.29) is 5.43 Å². The molecule has 0 saturated carbocycles. The number of para-hydroxylation sites is 2. The van der Waals surface area contributed by atoms with Crippen molar-refractivity contribution in [3.05, 3.63) is 87.4 Å². The molecule has 0 fully saturated rings. The summed E-state index contributed by atoms with van der Waals surface area (Å²) in [6.45, 7) is 0. The molecule has 4 rings (SSSR count). The van der Waals surface area contributed by atoms with Gasteiger partial charge in [0.1, 0.15) is 10.6 Å². The lowest BCUT2D eigenvalue weighted by Crippen LogP contribution is -2.11. The normalized spacial score (nSPS) is 10.9. The van der Waals surface area contributed by atoms with Gasteiger partial charge in [-0.1, -0.05) is 48.0 Å². The molecule has 5 heteroatoms. The highest BCUT2D eigenvalue weighted by molar-refractivity contribution is 7.17. The Kier molecular flexibility index (Phi) is 3.84. The number of fused-ring (bicyclic) bond motifs is 1. The van der Waals surface area contributed by atoms with Crippen LogP contribution in [0.3, 0.4) is 0 Å². The maximum Gasteiger partial charge on any atom is 0.193 e. The molecule has 0 amide bonds. The summed E-state index contributed by atoms with van der Waals surface area (Å²) in [5, 5.41) is 6.20. The zero-order valence-electron chi connectivity index (χ0n) is 12.6. The van der Waals surface area contributed by atoms with Crippen molar-refractivity contribution in [2.24, 2.45) is 0 Å². The van der Waals surface area contributed by atoms with Gasteiger partial charge in [0.05, 0.1) is 10.4 Å². The largest absolute Gasteiger partial charge is 0.341 e. The number of halogens is 1. The Balaban J connectivity index is 2.00. The molecule has 0 unspecified atom stereocenters. The molecule has 0 saturated heterocycles. The minimum Gasteiger partial charge on any atom is -0.341 e. The Morgan fingerprint density at radius 3 is 2.33 bits per heavy atom. The highest BCUT2D eigenvalue weighted by Crippen LogP contribution is 2.32. The predicted molar refractivity (Wildman–Crippen MR) is 102 cm³/mol. The maximum atomic E-state index is 12.5. The highest BCUT2D eigenvalue weighted by Gasteiger charge is 2.15. The predicted octanol–water partition coefficient (Wildman–Crippen LogP) is 5.45. The molecule has 0 aliphatic carbocycles. The zero-order valence-corrected chi connectivity index (χ0v) is 14.1. The molecule has 24 heavy (non-hydrogen) atoms. The van der Waals surface area contributed by atoms with Gasteiger partial charge >= 0.3 is 0 Å². The van der Waals surface area contributed by atoms with Crippen molar-refractivity contribution in [3.8, 4) is 5.69 Å². The molecule has 0 radical (unpaired) electrons. The second kappa shape index (κ2) is 6.15. The van der Waals surface area contributed by atoms with Gasteiger partial charge in [-0.05, 0) is 24.3 Å². The van der Waals surface area contributed by atoms with Crippen LogP contribution in [0.15, 0.2) is 76.9 Å². The van der Waals surface area contributed by atoms with Crippen molar-refractivity contribution in [3.63, 3.8) is 0 Å². The third kappa shape index (κ3) is 2.60. The smallest absolute Gasteiger partial charge is 0.193 e. The van der Waals surface area contributed by atoms with Crippen LogP contribution in [0.4, 0.5) is 11.5 Å². The van der Waals surface area contributed by atoms with E-state index in [1.807, 2.05) is 65.2 Å². The van der Waals surface area contributed by atoms with E-state index in [1.165, 1.54) is 11.3 Å². The van der Waals surface area contributed by atoms with E-state index in [4.69, 9.17) is 11.6 Å². The summed E-state index contributed by atoms with van der Waals surface area (Å²) in [6.07, 6.45) is 0. The van der Waals surface area contributed by atoms with Gasteiger partial charge in [0.25, 0.3) is 0 Å². The lowest BCUT2D eigenvalue weighted by atomic mass is 10.2. The summed E-state index contributed by atoms with van der Waals surface area (Å²) in [5.74, 6) is 0.711. The second-order valence-corrected chi connectivity index (χ2v) is 6.58. The molecular weight excluding hydrogens is 340 g/mol. The maximum absolute atomic E-state index is 12.5. The Bertz CT molecular complexity index is 1060. The molecule has 2 heterocycles. The number of thiophene rings is 1. The van der Waals surface area contributed by atoms with Gasteiger partial charge in [0.2, 0.25) is 0 Å². The molecule has 2 aromatic carbocycles. The number of aromatic nitrogens is 1. The zero-order chi connectivity index (χ0) is 16.5. The van der Waals surface area contributed by atoms with Crippen LogP contribution < -0.4 is 10.7 Å². The number of anilines is 2. The van der Waals surface area contributed by atoms with Crippen LogP contribution in [-0.2, 0) is 0 Å². The van der Waals surface area contributed by atoms with E-state index in [0.717, 1.165) is 16.2 Å². The van der Waals surface area contributed by atoms with Crippen molar-refractivity contribution < 1.29 is 0 Å². The quantitative estimate of drug-likeness (QED) is 0.532. The highest BCUT2D eigenvalue weighted by atomic mass is 35.5. The first-order chi connectivity index (χ1) is 11.7. The monoisotopic (exact) mass is 352 g/mol. The molecule has 2 aromatic heterocycles. The molecule has 1 N–H and O–H groups in total. The minimum absolute atomic E-state index is 0.0816. The van der Waals surface area contributed by atoms with Crippen molar-refractivity contribution in [1.82, 2.24) is 4.57 Å². The number of nitrogens with one attached hydrogen (secondary N) is 1. The Morgan fingerprint density at radius 1 is 0.958 bits per heavy atom. The van der Waals surface area contributed by atoms with Crippen molar-refractivity contribution in [1.29, 1.82) is 0 Å². The lowest BCUT2D eigenvalue weighted by Gasteiger charge is -2.16. The van der Waals surface area contributed by atoms with Gasteiger partial charge in [0.15, 0.2) is 5.43 Å². The summed E-state index contributed by atoms with van der Waals surface area (Å²) in [7, 11) is 0. The topological polar surface area (TPSA) is 34.0 Å². The molecule has 4 aromatic rings. The van der Waals surface area contributed by atoms with Crippen LogP contribution in [-0.4, -0.2) is 4.57 Å². The van der Waals surface area contributed by atoms with Crippen LogP contribution in [0.5, 0.6) is 0 Å². The third-order valence-electron chi connectivity index (χ3n) is 3.75. The lowest BCUT2D eigenvalue weighted by molar-refractivity contribution is 1.12. The summed E-state index contributed by atoms with van der Waals surface area (Å²) < 4.78 is 2.03. The summed E-state index contributed by atoms with van der Waals surface area (Å²) in [6, 6.07) is 21.3. The van der Waals surface area contributed by atoms with E-state index in [2.05, 4.69) is 5.32 Å². The number of hydrogen-bond donors (Lipinski definition) is 1. The number of pyridine rings is 1. The fraction of sp³-hybridized carbons (Fsp3) is 0. The summed E-state index contributed by atoms with van der Waals surface area (Å²) in [5.41, 5.74) is 1.81. The number of nitrogens with zero attached hydrogens (tertiary/aromatic N) is 1. The van der Waals surface area contributed by atoms with E-state index < -0.39 is 0 Å². The molecule has 0 aliphatic rings. The van der Waals surface area contributed by atoms with Crippen molar-refractivity contribution in [2.45, 2.75) is 0 Å². The van der Waals surface area contributed by atoms with Gasteiger partial charge in [-0.15, -0.1) is 11.3 Å². The fourth-order valence-electron chi connectivity index (χ4n) is 2.68. The SMILES string of the molecule is O=c1cc(Nc2ccccc2)n(-c2ccccc2)c2scc(Cl)c12. The molecule has 0 atom stereocenters. The van der Waals surface area contributed by atoms with Gasteiger partial charge in [-0.2, -0.15) is 0 Å². The van der Waals surface area contributed by atoms with Crippen LogP contribution >= 0.6 is 22.9 Å². The Hall–Kier alpha value is -2.56. The van der Waals surface area contributed by atoms with Gasteiger partial charge in [0, 0.05) is 22.8 Å². The van der Waals surface area contributed by atoms with Gasteiger partial charge in [-0.3, -0.25) is 9.36 Å². The Morgan fingerprint density at radius 2 is 1.62 bits per heavy atom. The second-order valence-electron chi connectivity index (χ2n) is 5.32. The first-order valence-corrected chi connectivity index (χ1v) is 8.70. The Labute approximate surface area is 147 Å². The molecule has 0 aliphatic heterocycles. The molecule has 118 valence electrons. The molecule has 3 nitrogen and oxygen atoms in total. The standard InChI is InChI=1S/C19H13ClN2OS/c20-15-12-24-19-18(15)16(23)11-17(21-13-7-3-1-4-8-13)22(19)14-9-5-2-6-10-14/h1-12,21H. The van der Waals surface area contributed by atoms with Crippen LogP contribution in [0, 0.1) is 0 Å². The van der Waals surface area contributed by atoms with Crippen LogP contribution in [0.25, 0.3) is 15.9 Å². The fourth-order valence-corrected chi connectivity index (χ4v) is 4.02. The number of hydrogen-bond acceptors (Lipinski definition) is 3. The minimum atomic E-state index is -0.0816. The number of rotatable bonds is 3. The van der Waals surface area contributed by atoms with Crippen molar-refractivity contribution in [2.75, 3.05) is 5.32 Å². The van der Waals surface area contributed by atoms with Gasteiger partial charge in [-0.25, -0.2) is 0 Å². The average molecular weight is 353 g/mol. The molecule has 0 spiro atoms. The van der Waals surface area contributed by atoms with E-state index in [1.54, 1.807) is 11.4 Å². The average Bonchev–Trinajstić information content (AvgIpc) is 2.99.